The molecular weight excluding hydrogens is 224 g/mol. The molecule has 1 fully saturated rings. The van der Waals surface area contributed by atoms with Crippen LogP contribution in [0.5, 0.6) is 0 Å². The zero-order valence-corrected chi connectivity index (χ0v) is 9.68. The van der Waals surface area contributed by atoms with Crippen molar-refractivity contribution in [3.05, 3.63) is 17.5 Å². The van der Waals surface area contributed by atoms with Gasteiger partial charge in [0.15, 0.2) is 5.69 Å². The second-order valence-corrected chi connectivity index (χ2v) is 4.21. The number of rotatable bonds is 6. The van der Waals surface area contributed by atoms with Crippen molar-refractivity contribution in [2.45, 2.75) is 24.9 Å². The Bertz CT molecular complexity index is 387. The van der Waals surface area contributed by atoms with E-state index in [9.17, 15) is 9.90 Å². The number of nitrogens with zero attached hydrogens (tertiary/aromatic N) is 1. The van der Waals surface area contributed by atoms with Crippen LogP contribution in [0.25, 0.3) is 0 Å². The molecule has 6 heteroatoms. The molecule has 1 aromatic rings. The molecule has 1 unspecified atom stereocenters. The number of aliphatic hydroxyl groups excluding tert-OH is 1. The third kappa shape index (κ3) is 3.28. The van der Waals surface area contributed by atoms with Crippen LogP contribution in [0.3, 0.4) is 0 Å². The van der Waals surface area contributed by atoms with E-state index in [0.717, 1.165) is 18.6 Å². The molecule has 0 aromatic carbocycles. The summed E-state index contributed by atoms with van der Waals surface area (Å²) in [5.74, 6) is 0.867. The van der Waals surface area contributed by atoms with Crippen LogP contribution < -0.4 is 5.32 Å². The van der Waals surface area contributed by atoms with E-state index in [1.807, 2.05) is 0 Å². The monoisotopic (exact) mass is 240 g/mol. The Morgan fingerprint density at radius 1 is 1.76 bits per heavy atom. The summed E-state index contributed by atoms with van der Waals surface area (Å²) in [5.41, 5.74) is 0.261. The number of hydrogen-bond donors (Lipinski definition) is 2. The lowest BCUT2D eigenvalue weighted by Crippen LogP contribution is -2.34. The maximum Gasteiger partial charge on any atom is 0.273 e. The predicted octanol–water partition coefficient (Wildman–Crippen LogP) is 0.289. The van der Waals surface area contributed by atoms with Crippen LogP contribution in [0.1, 0.15) is 35.0 Å². The van der Waals surface area contributed by atoms with Crippen LogP contribution >= 0.6 is 0 Å². The van der Waals surface area contributed by atoms with E-state index >= 15 is 0 Å². The van der Waals surface area contributed by atoms with Gasteiger partial charge in [0.05, 0.1) is 12.7 Å². The summed E-state index contributed by atoms with van der Waals surface area (Å²) in [4.78, 5) is 11.6. The van der Waals surface area contributed by atoms with Crippen LogP contribution in [0.15, 0.2) is 10.6 Å². The van der Waals surface area contributed by atoms with E-state index in [1.54, 1.807) is 6.07 Å². The standard InChI is InChI=1S/C11H16N2O4/c1-16-6-8(14)5-12-11(15)9-4-10(17-13-9)7-2-3-7/h4,7-8,14H,2-3,5-6H2,1H3,(H,12,15). The van der Waals surface area contributed by atoms with E-state index in [2.05, 4.69) is 10.5 Å². The molecule has 6 nitrogen and oxygen atoms in total. The van der Waals surface area contributed by atoms with Gasteiger partial charge in [-0.05, 0) is 12.8 Å². The Morgan fingerprint density at radius 3 is 3.18 bits per heavy atom. The van der Waals surface area contributed by atoms with Crippen LogP contribution in [0.4, 0.5) is 0 Å². The van der Waals surface area contributed by atoms with Crippen molar-refractivity contribution in [2.75, 3.05) is 20.3 Å². The van der Waals surface area contributed by atoms with Crippen LogP contribution in [0.2, 0.25) is 0 Å². The molecule has 0 spiro atoms. The van der Waals surface area contributed by atoms with E-state index in [0.29, 0.717) is 5.92 Å². The van der Waals surface area contributed by atoms with Gasteiger partial charge in [-0.2, -0.15) is 0 Å². The summed E-state index contributed by atoms with van der Waals surface area (Å²) in [7, 11) is 1.49. The van der Waals surface area contributed by atoms with Gasteiger partial charge in [-0.25, -0.2) is 0 Å². The van der Waals surface area contributed by atoms with Gasteiger partial charge in [-0.3, -0.25) is 4.79 Å². The molecule has 0 saturated heterocycles. The molecule has 1 aliphatic carbocycles. The Hall–Kier alpha value is -1.40. The number of aliphatic hydroxyl groups is 1. The molecule has 1 heterocycles. The number of hydrogen-bond acceptors (Lipinski definition) is 5. The van der Waals surface area contributed by atoms with Gasteiger partial charge in [0.1, 0.15) is 5.76 Å². The Labute approximate surface area is 98.9 Å². The van der Waals surface area contributed by atoms with Crippen LogP contribution in [-0.4, -0.2) is 42.5 Å². The lowest BCUT2D eigenvalue weighted by atomic mass is 10.2. The molecule has 94 valence electrons. The summed E-state index contributed by atoms with van der Waals surface area (Å²) >= 11 is 0. The molecule has 17 heavy (non-hydrogen) atoms. The topological polar surface area (TPSA) is 84.6 Å². The number of carbonyl (C=O) groups excluding carboxylic acids is 1. The smallest absolute Gasteiger partial charge is 0.273 e. The third-order valence-electron chi connectivity index (χ3n) is 2.60. The molecule has 2 rings (SSSR count). The normalized spacial score (nSPS) is 16.8. The molecule has 1 atom stereocenters. The second-order valence-electron chi connectivity index (χ2n) is 4.21. The summed E-state index contributed by atoms with van der Waals surface area (Å²) in [5, 5.41) is 15.6. The van der Waals surface area contributed by atoms with Gasteiger partial charge in [0.25, 0.3) is 5.91 Å². The maximum atomic E-state index is 11.6. The van der Waals surface area contributed by atoms with Crippen LogP contribution in [0, 0.1) is 0 Å². The molecule has 2 N–H and O–H groups in total. The lowest BCUT2D eigenvalue weighted by Gasteiger charge is -2.09. The second kappa shape index (κ2) is 5.29. The maximum absolute atomic E-state index is 11.6. The highest BCUT2D eigenvalue weighted by Gasteiger charge is 2.28. The predicted molar refractivity (Wildman–Crippen MR) is 58.7 cm³/mol. The zero-order chi connectivity index (χ0) is 12.3. The minimum absolute atomic E-state index is 0.137. The fourth-order valence-corrected chi connectivity index (χ4v) is 1.51. The SMILES string of the molecule is COCC(O)CNC(=O)c1cc(C2CC2)on1. The minimum Gasteiger partial charge on any atom is -0.389 e. The fraction of sp³-hybridized carbons (Fsp3) is 0.636. The summed E-state index contributed by atoms with van der Waals surface area (Å²) in [6, 6.07) is 1.66. The van der Waals surface area contributed by atoms with Gasteiger partial charge in [0.2, 0.25) is 0 Å². The van der Waals surface area contributed by atoms with Crippen molar-refractivity contribution in [1.82, 2.24) is 10.5 Å². The molecule has 0 aliphatic heterocycles. The van der Waals surface area contributed by atoms with Crippen molar-refractivity contribution in [2.24, 2.45) is 0 Å². The van der Waals surface area contributed by atoms with Gasteiger partial charge in [-0.1, -0.05) is 5.16 Å². The average Bonchev–Trinajstić information content (AvgIpc) is 3.05. The number of nitrogens with one attached hydrogen (secondary N) is 1. The quantitative estimate of drug-likeness (QED) is 0.746. The highest BCUT2D eigenvalue weighted by atomic mass is 16.5. The van der Waals surface area contributed by atoms with Crippen LogP contribution in [-0.2, 0) is 4.74 Å². The third-order valence-corrected chi connectivity index (χ3v) is 2.60. The molecule has 1 amide bonds. The first-order chi connectivity index (χ1) is 8.20. The first-order valence-corrected chi connectivity index (χ1v) is 5.62. The Balaban J connectivity index is 1.81. The zero-order valence-electron chi connectivity index (χ0n) is 9.68. The van der Waals surface area contributed by atoms with Gasteiger partial charge >= 0.3 is 0 Å². The number of aromatic nitrogens is 1. The summed E-state index contributed by atoms with van der Waals surface area (Å²) in [6.07, 6.45) is 1.49. The molecule has 1 aromatic heterocycles. The van der Waals surface area contributed by atoms with Gasteiger partial charge in [0, 0.05) is 25.6 Å². The van der Waals surface area contributed by atoms with E-state index in [1.165, 1.54) is 7.11 Å². The van der Waals surface area contributed by atoms with Crippen molar-refractivity contribution < 1.29 is 19.2 Å². The molecular formula is C11H16N2O4. The first kappa shape index (κ1) is 12.1. The first-order valence-electron chi connectivity index (χ1n) is 5.62. The molecule has 1 aliphatic rings. The summed E-state index contributed by atoms with van der Waals surface area (Å²) in [6.45, 7) is 0.324. The highest BCUT2D eigenvalue weighted by molar-refractivity contribution is 5.92. The number of carbonyl (C=O) groups is 1. The van der Waals surface area contributed by atoms with E-state index in [4.69, 9.17) is 9.26 Å². The average molecular weight is 240 g/mol. The van der Waals surface area contributed by atoms with Crippen molar-refractivity contribution >= 4 is 5.91 Å². The number of methoxy groups -OCH3 is 1. The number of ether oxygens (including phenoxy) is 1. The highest BCUT2D eigenvalue weighted by Crippen LogP contribution is 2.40. The van der Waals surface area contributed by atoms with Crippen molar-refractivity contribution in [3.63, 3.8) is 0 Å². The Kier molecular flexibility index (Phi) is 3.75. The lowest BCUT2D eigenvalue weighted by molar-refractivity contribution is 0.0607. The fourth-order valence-electron chi connectivity index (χ4n) is 1.51. The molecule has 0 radical (unpaired) electrons. The minimum atomic E-state index is -0.709. The van der Waals surface area contributed by atoms with E-state index < -0.39 is 6.10 Å². The molecule has 0 bridgehead atoms. The number of amides is 1. The van der Waals surface area contributed by atoms with Gasteiger partial charge < -0.3 is 19.7 Å². The van der Waals surface area contributed by atoms with Gasteiger partial charge in [-0.15, -0.1) is 0 Å². The largest absolute Gasteiger partial charge is 0.389 e. The van der Waals surface area contributed by atoms with E-state index in [-0.39, 0.29) is 24.8 Å². The summed E-state index contributed by atoms with van der Waals surface area (Å²) < 4.78 is 9.82. The van der Waals surface area contributed by atoms with Crippen molar-refractivity contribution in [1.29, 1.82) is 0 Å². The molecule has 1 saturated carbocycles. The van der Waals surface area contributed by atoms with Crippen molar-refractivity contribution in [3.8, 4) is 0 Å². The Morgan fingerprint density at radius 2 is 2.53 bits per heavy atom.